The zero-order valence-electron chi connectivity index (χ0n) is 7.96. The summed E-state index contributed by atoms with van der Waals surface area (Å²) in [4.78, 5) is 4.20. The number of halogens is 1. The van der Waals surface area contributed by atoms with Crippen molar-refractivity contribution >= 4 is 17.4 Å². The van der Waals surface area contributed by atoms with Crippen LogP contribution < -0.4 is 10.6 Å². The monoisotopic (exact) mass is 211 g/mol. The second-order valence-electron chi connectivity index (χ2n) is 3.51. The minimum absolute atomic E-state index is 0.530. The number of pyridine rings is 1. The van der Waals surface area contributed by atoms with Gasteiger partial charge in [-0.05, 0) is 38.1 Å². The molecule has 76 valence electrons. The van der Waals surface area contributed by atoms with Crippen LogP contribution in [0.25, 0.3) is 0 Å². The topological polar surface area (TPSA) is 37.0 Å². The molecule has 0 amide bonds. The number of nitrogens with zero attached hydrogens (tertiary/aromatic N) is 1. The second-order valence-corrected chi connectivity index (χ2v) is 3.90. The quantitative estimate of drug-likeness (QED) is 0.734. The third-order valence-corrected chi connectivity index (χ3v) is 2.62. The standard InChI is InChI=1S/C10H14ClN3/c11-9-2-1-3-10(14-9)13-8-4-6-12-7-5-8/h1-3,8,12H,4-7H2,(H,13,14). The van der Waals surface area contributed by atoms with Gasteiger partial charge >= 0.3 is 0 Å². The number of hydrogen-bond acceptors (Lipinski definition) is 3. The van der Waals surface area contributed by atoms with Gasteiger partial charge in [0, 0.05) is 6.04 Å². The Morgan fingerprint density at radius 2 is 2.14 bits per heavy atom. The molecule has 1 aliphatic heterocycles. The highest BCUT2D eigenvalue weighted by Gasteiger charge is 2.12. The lowest BCUT2D eigenvalue weighted by molar-refractivity contribution is 0.478. The van der Waals surface area contributed by atoms with Crippen molar-refractivity contribution in [3.05, 3.63) is 23.4 Å². The normalized spacial score (nSPS) is 18.1. The fourth-order valence-corrected chi connectivity index (χ4v) is 1.83. The molecule has 1 aromatic rings. The van der Waals surface area contributed by atoms with Crippen LogP contribution in [0.2, 0.25) is 5.15 Å². The summed E-state index contributed by atoms with van der Waals surface area (Å²) < 4.78 is 0. The molecule has 0 aliphatic carbocycles. The van der Waals surface area contributed by atoms with Crippen LogP contribution in [0.5, 0.6) is 0 Å². The molecule has 3 nitrogen and oxygen atoms in total. The molecule has 14 heavy (non-hydrogen) atoms. The molecule has 0 radical (unpaired) electrons. The molecule has 1 aliphatic rings. The van der Waals surface area contributed by atoms with E-state index >= 15 is 0 Å². The number of rotatable bonds is 2. The van der Waals surface area contributed by atoms with Gasteiger partial charge in [0.25, 0.3) is 0 Å². The summed E-state index contributed by atoms with van der Waals surface area (Å²) in [6.07, 6.45) is 2.29. The van der Waals surface area contributed by atoms with Gasteiger partial charge in [-0.3, -0.25) is 0 Å². The van der Waals surface area contributed by atoms with E-state index in [1.54, 1.807) is 6.07 Å². The maximum Gasteiger partial charge on any atom is 0.131 e. The molecule has 4 heteroatoms. The van der Waals surface area contributed by atoms with E-state index in [0.717, 1.165) is 31.7 Å². The molecule has 0 spiro atoms. The minimum Gasteiger partial charge on any atom is -0.367 e. The molecule has 1 aromatic heterocycles. The Hall–Kier alpha value is -0.800. The predicted octanol–water partition coefficient (Wildman–Crippen LogP) is 1.90. The summed E-state index contributed by atoms with van der Waals surface area (Å²) in [7, 11) is 0. The zero-order valence-corrected chi connectivity index (χ0v) is 8.72. The molecular formula is C10H14ClN3. The molecule has 2 heterocycles. The van der Waals surface area contributed by atoms with Crippen molar-refractivity contribution in [2.75, 3.05) is 18.4 Å². The molecular weight excluding hydrogens is 198 g/mol. The summed E-state index contributed by atoms with van der Waals surface area (Å²) >= 11 is 5.80. The van der Waals surface area contributed by atoms with Crippen molar-refractivity contribution in [1.29, 1.82) is 0 Å². The van der Waals surface area contributed by atoms with E-state index in [1.807, 2.05) is 12.1 Å². The SMILES string of the molecule is Clc1cccc(NC2CCNCC2)n1. The summed E-state index contributed by atoms with van der Waals surface area (Å²) in [6, 6.07) is 6.18. The highest BCUT2D eigenvalue weighted by molar-refractivity contribution is 6.29. The van der Waals surface area contributed by atoms with Crippen molar-refractivity contribution in [2.45, 2.75) is 18.9 Å². The van der Waals surface area contributed by atoms with Crippen LogP contribution in [0.4, 0.5) is 5.82 Å². The maximum atomic E-state index is 5.80. The lowest BCUT2D eigenvalue weighted by Crippen LogP contribution is -2.35. The van der Waals surface area contributed by atoms with Gasteiger partial charge in [-0.2, -0.15) is 0 Å². The predicted molar refractivity (Wildman–Crippen MR) is 58.8 cm³/mol. The van der Waals surface area contributed by atoms with Crippen molar-refractivity contribution in [2.24, 2.45) is 0 Å². The fraction of sp³-hybridized carbons (Fsp3) is 0.500. The minimum atomic E-state index is 0.530. The van der Waals surface area contributed by atoms with Gasteiger partial charge in [0.05, 0.1) is 0 Å². The Bertz CT molecular complexity index is 297. The number of hydrogen-bond donors (Lipinski definition) is 2. The van der Waals surface area contributed by atoms with Crippen LogP contribution in [0, 0.1) is 0 Å². The van der Waals surface area contributed by atoms with Gasteiger partial charge in [-0.1, -0.05) is 17.7 Å². The van der Waals surface area contributed by atoms with Gasteiger partial charge in [-0.15, -0.1) is 0 Å². The smallest absolute Gasteiger partial charge is 0.131 e. The number of anilines is 1. The van der Waals surface area contributed by atoms with Crippen molar-refractivity contribution in [3.63, 3.8) is 0 Å². The van der Waals surface area contributed by atoms with E-state index in [-0.39, 0.29) is 0 Å². The summed E-state index contributed by atoms with van der Waals surface area (Å²) in [5, 5.41) is 7.26. The summed E-state index contributed by atoms with van der Waals surface area (Å²) in [6.45, 7) is 2.16. The molecule has 0 bridgehead atoms. The van der Waals surface area contributed by atoms with Gasteiger partial charge in [0.1, 0.15) is 11.0 Å². The average Bonchev–Trinajstić information content (AvgIpc) is 2.19. The van der Waals surface area contributed by atoms with Crippen LogP contribution in [-0.4, -0.2) is 24.1 Å². The molecule has 2 N–H and O–H groups in total. The Morgan fingerprint density at radius 1 is 1.36 bits per heavy atom. The van der Waals surface area contributed by atoms with Crippen molar-refractivity contribution < 1.29 is 0 Å². The second kappa shape index (κ2) is 4.62. The Balaban J connectivity index is 1.95. The van der Waals surface area contributed by atoms with Gasteiger partial charge in [0.2, 0.25) is 0 Å². The van der Waals surface area contributed by atoms with Crippen LogP contribution in [0.1, 0.15) is 12.8 Å². The van der Waals surface area contributed by atoms with E-state index in [2.05, 4.69) is 15.6 Å². The van der Waals surface area contributed by atoms with E-state index < -0.39 is 0 Å². The first-order chi connectivity index (χ1) is 6.84. The molecule has 1 fully saturated rings. The molecule has 2 rings (SSSR count). The maximum absolute atomic E-state index is 5.80. The lowest BCUT2D eigenvalue weighted by atomic mass is 10.1. The average molecular weight is 212 g/mol. The molecule has 0 atom stereocenters. The first kappa shape index (κ1) is 9.74. The number of aromatic nitrogens is 1. The fourth-order valence-electron chi connectivity index (χ4n) is 1.66. The van der Waals surface area contributed by atoms with Crippen LogP contribution >= 0.6 is 11.6 Å². The zero-order chi connectivity index (χ0) is 9.80. The van der Waals surface area contributed by atoms with Crippen molar-refractivity contribution in [1.82, 2.24) is 10.3 Å². The van der Waals surface area contributed by atoms with Gasteiger partial charge in [0.15, 0.2) is 0 Å². The Kier molecular flexibility index (Phi) is 3.22. The van der Waals surface area contributed by atoms with Crippen LogP contribution in [0.15, 0.2) is 18.2 Å². The first-order valence-corrected chi connectivity index (χ1v) is 5.32. The number of nitrogens with one attached hydrogen (secondary N) is 2. The number of piperidine rings is 1. The van der Waals surface area contributed by atoms with Gasteiger partial charge in [-0.25, -0.2) is 4.98 Å². The van der Waals surface area contributed by atoms with E-state index in [4.69, 9.17) is 11.6 Å². The van der Waals surface area contributed by atoms with E-state index in [1.165, 1.54) is 0 Å². The third-order valence-electron chi connectivity index (χ3n) is 2.41. The first-order valence-electron chi connectivity index (χ1n) is 4.94. The molecule has 0 aromatic carbocycles. The van der Waals surface area contributed by atoms with Crippen LogP contribution in [0.3, 0.4) is 0 Å². The van der Waals surface area contributed by atoms with Crippen molar-refractivity contribution in [3.8, 4) is 0 Å². The summed E-state index contributed by atoms with van der Waals surface area (Å²) in [5.41, 5.74) is 0. The Morgan fingerprint density at radius 3 is 2.86 bits per heavy atom. The Labute approximate surface area is 88.9 Å². The van der Waals surface area contributed by atoms with E-state index in [0.29, 0.717) is 11.2 Å². The van der Waals surface area contributed by atoms with Crippen LogP contribution in [-0.2, 0) is 0 Å². The van der Waals surface area contributed by atoms with Gasteiger partial charge < -0.3 is 10.6 Å². The highest BCUT2D eigenvalue weighted by atomic mass is 35.5. The molecule has 0 saturated carbocycles. The molecule has 0 unspecified atom stereocenters. The summed E-state index contributed by atoms with van der Waals surface area (Å²) in [5.74, 6) is 0.879. The lowest BCUT2D eigenvalue weighted by Gasteiger charge is -2.24. The highest BCUT2D eigenvalue weighted by Crippen LogP contribution is 2.13. The third kappa shape index (κ3) is 2.59. The largest absolute Gasteiger partial charge is 0.367 e. The molecule has 1 saturated heterocycles. The van der Waals surface area contributed by atoms with E-state index in [9.17, 15) is 0 Å².